The van der Waals surface area contributed by atoms with E-state index < -0.39 is 17.0 Å². The van der Waals surface area contributed by atoms with Crippen LogP contribution in [0.2, 0.25) is 0 Å². The number of anilines is 1. The molecule has 2 N–H and O–H groups in total. The zero-order chi connectivity index (χ0) is 26.8. The number of pyridine rings is 2. The van der Waals surface area contributed by atoms with Gasteiger partial charge < -0.3 is 20.1 Å². The number of carboxylic acids is 1. The maximum Gasteiger partial charge on any atom is 0.341 e. The number of carboxylic acid groups (broad SMARTS) is 1. The predicted molar refractivity (Wildman–Crippen MR) is 139 cm³/mol. The maximum absolute atomic E-state index is 13.1. The number of carbonyl (C=O) groups excluding carboxylic acids is 1. The van der Waals surface area contributed by atoms with Gasteiger partial charge in [0.15, 0.2) is 11.5 Å². The topological polar surface area (TPSA) is 165 Å². The SMILES string of the molecule is CCOCCNC(=O)C1CN(c2cc(C)c3c(=O)c(C(=O)O)cn(-c4nc(-c5cnccn5)ns4)c3n2)C1. The average molecular weight is 537 g/mol. The number of nitrogens with one attached hydrogen (secondary N) is 1. The average Bonchev–Trinajstić information content (AvgIpc) is 3.36. The van der Waals surface area contributed by atoms with Gasteiger partial charge in [-0.25, -0.2) is 14.8 Å². The molecule has 1 saturated heterocycles. The third-order valence-electron chi connectivity index (χ3n) is 6.11. The first-order valence-electron chi connectivity index (χ1n) is 11.9. The Morgan fingerprint density at radius 3 is 2.79 bits per heavy atom. The van der Waals surface area contributed by atoms with E-state index in [-0.39, 0.29) is 22.9 Å². The van der Waals surface area contributed by atoms with Crippen molar-refractivity contribution in [3.63, 3.8) is 0 Å². The van der Waals surface area contributed by atoms with Crippen LogP contribution in [0.5, 0.6) is 0 Å². The fourth-order valence-corrected chi connectivity index (χ4v) is 4.79. The number of hydrogen-bond donors (Lipinski definition) is 2. The van der Waals surface area contributed by atoms with Crippen molar-refractivity contribution in [1.82, 2.24) is 34.2 Å². The molecule has 14 heteroatoms. The Morgan fingerprint density at radius 2 is 2.08 bits per heavy atom. The summed E-state index contributed by atoms with van der Waals surface area (Å²) in [5.41, 5.74) is 0.236. The lowest BCUT2D eigenvalue weighted by atomic mass is 9.98. The molecule has 0 spiro atoms. The molecule has 0 unspecified atom stereocenters. The molecule has 0 aromatic carbocycles. The van der Waals surface area contributed by atoms with Crippen LogP contribution in [0.3, 0.4) is 0 Å². The first-order chi connectivity index (χ1) is 18.4. The Labute approximate surface area is 220 Å². The summed E-state index contributed by atoms with van der Waals surface area (Å²) in [6.07, 6.45) is 5.79. The lowest BCUT2D eigenvalue weighted by Gasteiger charge is -2.39. The number of amides is 1. The molecule has 1 amide bonds. The van der Waals surface area contributed by atoms with Crippen molar-refractivity contribution in [2.75, 3.05) is 37.7 Å². The van der Waals surface area contributed by atoms with Crippen molar-refractivity contribution in [3.05, 3.63) is 52.2 Å². The van der Waals surface area contributed by atoms with Crippen molar-refractivity contribution >= 4 is 40.3 Å². The summed E-state index contributed by atoms with van der Waals surface area (Å²) in [6, 6.07) is 1.73. The van der Waals surface area contributed by atoms with Gasteiger partial charge >= 0.3 is 5.97 Å². The minimum absolute atomic E-state index is 0.0492. The van der Waals surface area contributed by atoms with Crippen LogP contribution in [0.25, 0.3) is 27.7 Å². The summed E-state index contributed by atoms with van der Waals surface area (Å²) < 4.78 is 11.0. The quantitative estimate of drug-likeness (QED) is 0.296. The van der Waals surface area contributed by atoms with Crippen LogP contribution in [-0.2, 0) is 9.53 Å². The highest BCUT2D eigenvalue weighted by atomic mass is 32.1. The third-order valence-corrected chi connectivity index (χ3v) is 6.83. The van der Waals surface area contributed by atoms with Gasteiger partial charge in [-0.2, -0.15) is 9.36 Å². The molecule has 0 saturated carbocycles. The van der Waals surface area contributed by atoms with Crippen LogP contribution in [0.1, 0.15) is 22.8 Å². The van der Waals surface area contributed by atoms with E-state index in [1.165, 1.54) is 29.4 Å². The molecular weight excluding hydrogens is 512 g/mol. The Morgan fingerprint density at radius 1 is 1.26 bits per heavy atom. The first kappa shape index (κ1) is 25.4. The van der Waals surface area contributed by atoms with Crippen LogP contribution in [0, 0.1) is 12.8 Å². The number of rotatable bonds is 9. The number of aromatic nitrogens is 6. The van der Waals surface area contributed by atoms with E-state index in [0.717, 1.165) is 11.5 Å². The Kier molecular flexibility index (Phi) is 7.07. The molecule has 1 aliphatic heterocycles. The summed E-state index contributed by atoms with van der Waals surface area (Å²) in [4.78, 5) is 56.8. The number of ether oxygens (including phenoxy) is 1. The lowest BCUT2D eigenvalue weighted by molar-refractivity contribution is -0.125. The van der Waals surface area contributed by atoms with Crippen LogP contribution in [-0.4, -0.2) is 78.7 Å². The summed E-state index contributed by atoms with van der Waals surface area (Å²) in [5.74, 6) is -0.705. The molecule has 0 aliphatic carbocycles. The van der Waals surface area contributed by atoms with E-state index in [1.54, 1.807) is 13.0 Å². The number of fused-ring (bicyclic) bond motifs is 1. The monoisotopic (exact) mass is 536 g/mol. The van der Waals surface area contributed by atoms with E-state index in [2.05, 4.69) is 24.6 Å². The van der Waals surface area contributed by atoms with E-state index in [0.29, 0.717) is 60.9 Å². The fourth-order valence-electron chi connectivity index (χ4n) is 4.14. The highest BCUT2D eigenvalue weighted by Crippen LogP contribution is 2.29. The van der Waals surface area contributed by atoms with Gasteiger partial charge in [-0.15, -0.1) is 0 Å². The second-order valence-corrected chi connectivity index (χ2v) is 9.35. The lowest BCUT2D eigenvalue weighted by Crippen LogP contribution is -2.54. The molecule has 0 bridgehead atoms. The fraction of sp³-hybridized carbons (Fsp3) is 0.333. The molecule has 5 rings (SSSR count). The zero-order valence-corrected chi connectivity index (χ0v) is 21.4. The number of carbonyl (C=O) groups is 2. The van der Waals surface area contributed by atoms with Crippen LogP contribution < -0.4 is 15.6 Å². The van der Waals surface area contributed by atoms with Crippen molar-refractivity contribution in [2.24, 2.45) is 5.92 Å². The minimum Gasteiger partial charge on any atom is -0.477 e. The minimum atomic E-state index is -1.35. The van der Waals surface area contributed by atoms with Gasteiger partial charge in [0.2, 0.25) is 16.5 Å². The number of hydrogen-bond acceptors (Lipinski definition) is 11. The third kappa shape index (κ3) is 4.82. The molecule has 1 aliphatic rings. The molecule has 196 valence electrons. The Balaban J connectivity index is 1.49. The van der Waals surface area contributed by atoms with Gasteiger partial charge in [0, 0.05) is 56.4 Å². The number of aryl methyl sites for hydroxylation is 1. The molecule has 38 heavy (non-hydrogen) atoms. The van der Waals surface area contributed by atoms with Gasteiger partial charge in [0.25, 0.3) is 0 Å². The van der Waals surface area contributed by atoms with Crippen molar-refractivity contribution in [1.29, 1.82) is 0 Å². The van der Waals surface area contributed by atoms with Gasteiger partial charge in [-0.3, -0.25) is 19.1 Å². The summed E-state index contributed by atoms with van der Waals surface area (Å²) in [5, 5.41) is 13.1. The summed E-state index contributed by atoms with van der Waals surface area (Å²) in [6.45, 7) is 6.06. The van der Waals surface area contributed by atoms with E-state index in [1.807, 2.05) is 11.8 Å². The van der Waals surface area contributed by atoms with Crippen molar-refractivity contribution in [2.45, 2.75) is 13.8 Å². The van der Waals surface area contributed by atoms with E-state index in [9.17, 15) is 19.5 Å². The smallest absolute Gasteiger partial charge is 0.341 e. The van der Waals surface area contributed by atoms with Crippen molar-refractivity contribution in [3.8, 4) is 16.6 Å². The molecule has 0 atom stereocenters. The molecule has 4 aromatic heterocycles. The highest BCUT2D eigenvalue weighted by Gasteiger charge is 2.34. The Bertz CT molecular complexity index is 1570. The van der Waals surface area contributed by atoms with E-state index >= 15 is 0 Å². The standard InChI is InChI=1S/C24H24N8O5S/c1-3-37-7-6-27-22(34)14-10-31(11-14)17-8-13(2)18-19(33)15(23(35)36)12-32(21(18)28-17)24-29-20(30-38-24)16-9-25-4-5-26-16/h4-5,8-9,12,14H,3,6-7,10-11H2,1-2H3,(H,27,34)(H,35,36). The molecular formula is C24H24N8O5S. The molecule has 0 radical (unpaired) electrons. The normalized spacial score (nSPS) is 13.5. The van der Waals surface area contributed by atoms with Gasteiger partial charge in [-0.05, 0) is 25.5 Å². The first-order valence-corrected chi connectivity index (χ1v) is 12.7. The maximum atomic E-state index is 13.1. The second-order valence-electron chi connectivity index (χ2n) is 8.62. The van der Waals surface area contributed by atoms with Crippen LogP contribution >= 0.6 is 11.5 Å². The van der Waals surface area contributed by atoms with Crippen LogP contribution in [0.15, 0.2) is 35.6 Å². The molecule has 5 heterocycles. The van der Waals surface area contributed by atoms with Gasteiger partial charge in [-0.1, -0.05) is 0 Å². The van der Waals surface area contributed by atoms with E-state index in [4.69, 9.17) is 9.72 Å². The Hall–Kier alpha value is -4.30. The predicted octanol–water partition coefficient (Wildman–Crippen LogP) is 1.29. The molecule has 13 nitrogen and oxygen atoms in total. The van der Waals surface area contributed by atoms with Crippen molar-refractivity contribution < 1.29 is 19.4 Å². The van der Waals surface area contributed by atoms with Crippen LogP contribution in [0.4, 0.5) is 5.82 Å². The number of aromatic carboxylic acids is 1. The highest BCUT2D eigenvalue weighted by molar-refractivity contribution is 7.08. The number of nitrogens with zero attached hydrogens (tertiary/aromatic N) is 7. The zero-order valence-electron chi connectivity index (χ0n) is 20.6. The van der Waals surface area contributed by atoms with Gasteiger partial charge in [0.1, 0.15) is 17.1 Å². The largest absolute Gasteiger partial charge is 0.477 e. The molecule has 4 aromatic rings. The second kappa shape index (κ2) is 10.6. The van der Waals surface area contributed by atoms with Gasteiger partial charge in [0.05, 0.1) is 24.1 Å². The summed E-state index contributed by atoms with van der Waals surface area (Å²) >= 11 is 1.02. The summed E-state index contributed by atoms with van der Waals surface area (Å²) in [7, 11) is 0. The molecule has 1 fully saturated rings.